The SMILES string of the molecule is CC(C)CCC[C@@H](C)C1CCC2C3CC=C4CC(OC(=O)Nc5ccc6c(c5O)C(=O)C5=C(O)[C@]7(O)C(=O)C(C(N)=O)=C(O)C[C@@H]7[C@@H](O)[C@@H]5[C@H]6C)CC[C@]4(C)C3CC[C@@]21C. The lowest BCUT2D eigenvalue weighted by molar-refractivity contribution is -0.154. The summed E-state index contributed by atoms with van der Waals surface area (Å²) in [5.41, 5.74) is 2.67. The molecule has 7 aliphatic rings. The fourth-order valence-electron chi connectivity index (χ4n) is 14.1. The molecule has 3 saturated carbocycles. The summed E-state index contributed by atoms with van der Waals surface area (Å²) in [4.78, 5) is 53.1. The number of nitrogens with two attached hydrogens (primary N) is 1. The van der Waals surface area contributed by atoms with Crippen molar-refractivity contribution in [3.8, 4) is 5.75 Å². The van der Waals surface area contributed by atoms with Crippen LogP contribution in [0.5, 0.6) is 5.75 Å². The van der Waals surface area contributed by atoms with E-state index in [2.05, 4.69) is 46.0 Å². The van der Waals surface area contributed by atoms with Crippen molar-refractivity contribution in [1.29, 1.82) is 0 Å². The zero-order chi connectivity index (χ0) is 43.4. The quantitative estimate of drug-likeness (QED) is 0.0760. The Morgan fingerprint density at radius 2 is 1.70 bits per heavy atom. The topological polar surface area (TPSA) is 217 Å². The molecular weight excluding hydrogens is 765 g/mol. The summed E-state index contributed by atoms with van der Waals surface area (Å²) in [6.07, 6.45) is 11.6. The second-order valence-corrected chi connectivity index (χ2v) is 20.6. The van der Waals surface area contributed by atoms with Crippen LogP contribution in [0.4, 0.5) is 10.5 Å². The third-order valence-corrected chi connectivity index (χ3v) is 17.3. The zero-order valence-electron chi connectivity index (χ0n) is 35.9. The van der Waals surface area contributed by atoms with Crippen molar-refractivity contribution in [2.45, 2.75) is 142 Å². The Kier molecular flexibility index (Phi) is 10.7. The molecule has 8 rings (SSSR count). The highest BCUT2D eigenvalue weighted by atomic mass is 16.6. The number of hydrogen-bond donors (Lipinski definition) is 7. The number of Topliss-reactive ketones (excluding diaryl/α,β-unsaturated/α-hetero) is 2. The number of fused-ring (bicyclic) bond motifs is 8. The number of ketones is 2. The molecule has 12 heteroatoms. The number of allylic oxidation sites excluding steroid dienone is 2. The standard InChI is InChI=1S/C48H64N2O10/c1-22(2)8-7-9-23(3)29-13-14-30-28-11-10-25-20-26(16-18-46(25,5)31(28)17-19-47(29,30)6)60-45(58)50-33-15-12-27-24(4)35-38(41(54)36(27)40(33)53)43(56)48(59)32(39(35)52)21-34(51)37(42(48)55)44(49)57/h10,12,15,22-24,26,28-32,35,39,51-53,56,59H,7-9,11,13-14,16-21H2,1-6H3,(H2,49,57)(H,50,58)/t23-,24+,26?,28?,29?,30?,31?,32-,35-,39-,46+,47-,48-/m1/s1. The molecular formula is C48H64N2O10. The van der Waals surface area contributed by atoms with Gasteiger partial charge in [-0.3, -0.25) is 19.7 Å². The molecule has 1 aromatic carbocycles. The first kappa shape index (κ1) is 42.5. The van der Waals surface area contributed by atoms with Crippen LogP contribution in [0, 0.1) is 58.2 Å². The zero-order valence-corrected chi connectivity index (χ0v) is 35.9. The van der Waals surface area contributed by atoms with Crippen molar-refractivity contribution in [3.05, 3.63) is 57.6 Å². The average Bonchev–Trinajstić information content (AvgIpc) is 3.54. The van der Waals surface area contributed by atoms with Crippen molar-refractivity contribution in [1.82, 2.24) is 0 Å². The van der Waals surface area contributed by atoms with Crippen LogP contribution in [0.2, 0.25) is 0 Å². The van der Waals surface area contributed by atoms with Crippen LogP contribution in [0.15, 0.2) is 46.4 Å². The van der Waals surface area contributed by atoms with Gasteiger partial charge in [0, 0.05) is 30.3 Å². The molecule has 12 nitrogen and oxygen atoms in total. The van der Waals surface area contributed by atoms with Crippen LogP contribution >= 0.6 is 0 Å². The molecule has 0 aromatic heterocycles. The number of phenols is 1. The third kappa shape index (κ3) is 6.27. The van der Waals surface area contributed by atoms with Gasteiger partial charge in [0.1, 0.15) is 23.2 Å². The van der Waals surface area contributed by atoms with E-state index >= 15 is 0 Å². The highest BCUT2D eigenvalue weighted by Crippen LogP contribution is 2.67. The minimum Gasteiger partial charge on any atom is -0.511 e. The van der Waals surface area contributed by atoms with Gasteiger partial charge in [-0.2, -0.15) is 0 Å². The largest absolute Gasteiger partial charge is 0.511 e. The van der Waals surface area contributed by atoms with Gasteiger partial charge in [-0.15, -0.1) is 0 Å². The number of carbonyl (C=O) groups excluding carboxylic acids is 4. The van der Waals surface area contributed by atoms with Gasteiger partial charge in [-0.1, -0.05) is 78.5 Å². The molecule has 3 fully saturated rings. The number of phenolic OH excluding ortho intramolecular Hbond substituents is 1. The first-order valence-electron chi connectivity index (χ1n) is 22.4. The second kappa shape index (κ2) is 15.0. The number of anilines is 1. The summed E-state index contributed by atoms with van der Waals surface area (Å²) in [7, 11) is 0. The van der Waals surface area contributed by atoms with Crippen LogP contribution in [-0.2, 0) is 14.3 Å². The molecule has 13 atom stereocenters. The molecule has 0 radical (unpaired) electrons. The fourth-order valence-corrected chi connectivity index (χ4v) is 14.1. The minimum atomic E-state index is -2.93. The van der Waals surface area contributed by atoms with E-state index in [9.17, 15) is 44.7 Å². The molecule has 1 aromatic rings. The first-order chi connectivity index (χ1) is 28.2. The maximum Gasteiger partial charge on any atom is 0.412 e. The second-order valence-electron chi connectivity index (χ2n) is 20.6. The predicted molar refractivity (Wildman–Crippen MR) is 224 cm³/mol. The number of hydrogen-bond acceptors (Lipinski definition) is 10. The van der Waals surface area contributed by atoms with Gasteiger partial charge >= 0.3 is 6.09 Å². The molecule has 0 spiro atoms. The van der Waals surface area contributed by atoms with E-state index in [1.54, 1.807) is 6.92 Å². The van der Waals surface area contributed by atoms with E-state index in [1.807, 2.05) is 0 Å². The van der Waals surface area contributed by atoms with Crippen LogP contribution in [0.25, 0.3) is 0 Å². The normalized spacial score (nSPS) is 38.8. The van der Waals surface area contributed by atoms with Crippen LogP contribution < -0.4 is 11.1 Å². The van der Waals surface area contributed by atoms with E-state index in [-0.39, 0.29) is 22.8 Å². The average molecular weight is 829 g/mol. The minimum absolute atomic E-state index is 0.0632. The highest BCUT2D eigenvalue weighted by molar-refractivity contribution is 6.24. The van der Waals surface area contributed by atoms with Crippen molar-refractivity contribution in [2.75, 3.05) is 5.32 Å². The lowest BCUT2D eigenvalue weighted by Gasteiger charge is -2.58. The lowest BCUT2D eigenvalue weighted by Crippen LogP contribution is -2.62. The third-order valence-electron chi connectivity index (χ3n) is 17.3. The maximum absolute atomic E-state index is 14.2. The van der Waals surface area contributed by atoms with E-state index in [1.165, 1.54) is 62.7 Å². The monoisotopic (exact) mass is 828 g/mol. The van der Waals surface area contributed by atoms with E-state index in [0.717, 1.165) is 36.5 Å². The number of ether oxygens (including phenoxy) is 1. The van der Waals surface area contributed by atoms with Crippen LogP contribution in [0.1, 0.15) is 140 Å². The fraction of sp³-hybridized carbons (Fsp3) is 0.667. The summed E-state index contributed by atoms with van der Waals surface area (Å²) in [6, 6.07) is 2.98. The van der Waals surface area contributed by atoms with E-state index < -0.39 is 87.9 Å². The molecule has 8 N–H and O–H groups in total. The Balaban J connectivity index is 0.961. The summed E-state index contributed by atoms with van der Waals surface area (Å²) in [5.74, 6) is -5.19. The summed E-state index contributed by atoms with van der Waals surface area (Å²) in [5, 5.41) is 59.2. The number of nitrogens with one attached hydrogen (secondary N) is 1. The number of primary amides is 1. The number of aliphatic hydroxyl groups is 4. The Bertz CT molecular complexity index is 2100. The van der Waals surface area contributed by atoms with E-state index in [4.69, 9.17) is 10.5 Å². The van der Waals surface area contributed by atoms with Crippen molar-refractivity contribution in [2.24, 2.45) is 63.9 Å². The summed E-state index contributed by atoms with van der Waals surface area (Å²) < 4.78 is 5.98. The smallest absolute Gasteiger partial charge is 0.412 e. The number of carbonyl (C=O) groups is 4. The number of aliphatic hydroxyl groups excluding tert-OH is 3. The van der Waals surface area contributed by atoms with Gasteiger partial charge in [0.15, 0.2) is 17.1 Å². The molecule has 0 heterocycles. The van der Waals surface area contributed by atoms with Gasteiger partial charge in [-0.05, 0) is 109 Å². The first-order valence-corrected chi connectivity index (χ1v) is 22.4. The van der Waals surface area contributed by atoms with Crippen LogP contribution in [0.3, 0.4) is 0 Å². The maximum atomic E-state index is 14.2. The Morgan fingerprint density at radius 1 is 0.967 bits per heavy atom. The van der Waals surface area contributed by atoms with Gasteiger partial charge in [0.25, 0.3) is 5.91 Å². The summed E-state index contributed by atoms with van der Waals surface area (Å²) in [6.45, 7) is 13.8. The number of benzene rings is 1. The van der Waals surface area contributed by atoms with Crippen LogP contribution in [-0.4, -0.2) is 66.9 Å². The van der Waals surface area contributed by atoms with Gasteiger partial charge in [-0.25, -0.2) is 4.79 Å². The molecule has 7 aliphatic carbocycles. The Morgan fingerprint density at radius 3 is 2.40 bits per heavy atom. The van der Waals surface area contributed by atoms with Crippen molar-refractivity contribution < 1.29 is 49.4 Å². The molecule has 0 bridgehead atoms. The van der Waals surface area contributed by atoms with Gasteiger partial charge in [0.2, 0.25) is 5.78 Å². The van der Waals surface area contributed by atoms with Crippen molar-refractivity contribution >= 4 is 29.3 Å². The predicted octanol–water partition coefficient (Wildman–Crippen LogP) is 8.07. The molecule has 5 unspecified atom stereocenters. The summed E-state index contributed by atoms with van der Waals surface area (Å²) >= 11 is 0. The number of aromatic hydroxyl groups is 1. The molecule has 0 saturated heterocycles. The Labute approximate surface area is 352 Å². The van der Waals surface area contributed by atoms with E-state index in [0.29, 0.717) is 35.7 Å². The van der Waals surface area contributed by atoms with Crippen molar-refractivity contribution in [3.63, 3.8) is 0 Å². The molecule has 326 valence electrons. The number of rotatable bonds is 8. The number of amides is 2. The Hall–Kier alpha value is -4.16. The highest BCUT2D eigenvalue weighted by Gasteiger charge is 2.64. The van der Waals surface area contributed by atoms with Gasteiger partial charge in [0.05, 0.1) is 17.4 Å². The molecule has 2 amide bonds. The van der Waals surface area contributed by atoms with Gasteiger partial charge < -0.3 is 36.0 Å². The molecule has 0 aliphatic heterocycles. The lowest BCUT2D eigenvalue weighted by atomic mass is 9.47. The molecule has 60 heavy (non-hydrogen) atoms.